The Morgan fingerprint density at radius 1 is 0.482 bits per heavy atom. The van der Waals surface area contributed by atoms with Crippen molar-refractivity contribution in [2.45, 2.75) is 59.1 Å². The van der Waals surface area contributed by atoms with Gasteiger partial charge in [-0.3, -0.25) is 0 Å². The Balaban J connectivity index is 1.15. The first-order chi connectivity index (χ1) is 27.4. The van der Waals surface area contributed by atoms with E-state index in [1.54, 1.807) is 36.2 Å². The van der Waals surface area contributed by atoms with Crippen LogP contribution in [-0.4, -0.2) is 29.9 Å². The maximum atomic E-state index is 4.80. The van der Waals surface area contributed by atoms with E-state index in [1.807, 2.05) is 60.7 Å². The van der Waals surface area contributed by atoms with Crippen molar-refractivity contribution in [2.24, 2.45) is 0 Å². The molecule has 0 unspecified atom stereocenters. The number of anilines is 4. The Hall–Kier alpha value is -6.28. The van der Waals surface area contributed by atoms with Crippen molar-refractivity contribution in [1.82, 2.24) is 29.9 Å². The summed E-state index contributed by atoms with van der Waals surface area (Å²) in [5.74, 6) is 8.82. The van der Waals surface area contributed by atoms with E-state index in [2.05, 4.69) is 131 Å². The molecule has 2 N–H and O–H groups in total. The van der Waals surface area contributed by atoms with E-state index < -0.39 is 0 Å². The smallest absolute Gasteiger partial charge is 0.164 e. The van der Waals surface area contributed by atoms with E-state index in [0.29, 0.717) is 34.8 Å². The van der Waals surface area contributed by atoms with Gasteiger partial charge in [0.05, 0.1) is 22.1 Å². The molecule has 4 heterocycles. The molecule has 56 heavy (non-hydrogen) atoms. The van der Waals surface area contributed by atoms with E-state index in [4.69, 9.17) is 9.97 Å². The summed E-state index contributed by atoms with van der Waals surface area (Å²) in [5.41, 5.74) is 6.79. The molecule has 0 aliphatic carbocycles. The third-order valence-corrected chi connectivity index (χ3v) is 11.1. The summed E-state index contributed by atoms with van der Waals surface area (Å²) in [5, 5.41) is 8.91. The number of rotatable bonds is 10. The highest BCUT2D eigenvalue weighted by Gasteiger charge is 2.14. The first-order valence-corrected chi connectivity index (χ1v) is 20.0. The summed E-state index contributed by atoms with van der Waals surface area (Å²) >= 11 is 3.36. The molecule has 8 rings (SSSR count). The van der Waals surface area contributed by atoms with Crippen molar-refractivity contribution in [3.8, 4) is 11.8 Å². The topological polar surface area (TPSA) is 101 Å². The summed E-state index contributed by atoms with van der Waals surface area (Å²) in [6.45, 7) is 8.51. The molecule has 0 aliphatic heterocycles. The summed E-state index contributed by atoms with van der Waals surface area (Å²) in [7, 11) is 0. The Labute approximate surface area is 335 Å². The fraction of sp³-hybridized carbons (Fsp3) is 0.130. The second kappa shape index (κ2) is 16.6. The van der Waals surface area contributed by atoms with Gasteiger partial charge in [0.1, 0.15) is 24.3 Å². The van der Waals surface area contributed by atoms with Crippen LogP contribution in [0.3, 0.4) is 0 Å². The van der Waals surface area contributed by atoms with Crippen molar-refractivity contribution in [1.29, 1.82) is 0 Å². The standard InChI is InChI=1S/C46H38N8S2/c1-29(2)37-21-19-35-43(51-37)47-27-49-45(35)53-39-25-31(17-23-41(39)55-33-11-7-5-8-12-33)15-16-32-18-24-42(56-34-13-9-6-10-14-34)40(26-32)54-46-36-20-22-38(30(3)4)52-44(36)48-28-50-46/h5-14,17-30H,1-4H3,(H,47,49,51,53)(H,48,50,52,54). The van der Waals surface area contributed by atoms with Crippen molar-refractivity contribution in [2.75, 3.05) is 10.6 Å². The Morgan fingerprint density at radius 3 is 1.32 bits per heavy atom. The van der Waals surface area contributed by atoms with Crippen LogP contribution in [0.5, 0.6) is 0 Å². The first kappa shape index (κ1) is 36.7. The second-order valence-corrected chi connectivity index (χ2v) is 16.0. The summed E-state index contributed by atoms with van der Waals surface area (Å²) < 4.78 is 0. The van der Waals surface area contributed by atoms with Crippen LogP contribution in [-0.2, 0) is 0 Å². The van der Waals surface area contributed by atoms with Gasteiger partial charge in [0, 0.05) is 42.1 Å². The fourth-order valence-electron chi connectivity index (χ4n) is 5.98. The van der Waals surface area contributed by atoms with E-state index in [0.717, 1.165) is 64.2 Å². The van der Waals surface area contributed by atoms with Gasteiger partial charge in [0.2, 0.25) is 0 Å². The minimum absolute atomic E-state index is 0.295. The molecule has 8 nitrogen and oxygen atoms in total. The largest absolute Gasteiger partial charge is 0.339 e. The van der Waals surface area contributed by atoms with Crippen molar-refractivity contribution in [3.05, 3.63) is 156 Å². The van der Waals surface area contributed by atoms with Crippen LogP contribution in [0.4, 0.5) is 23.0 Å². The van der Waals surface area contributed by atoms with E-state index in [1.165, 1.54) is 0 Å². The average Bonchev–Trinajstić information content (AvgIpc) is 3.22. The number of pyridine rings is 2. The molecular weight excluding hydrogens is 729 g/mol. The number of fused-ring (bicyclic) bond motifs is 2. The molecule has 0 fully saturated rings. The zero-order chi connectivity index (χ0) is 38.4. The predicted molar refractivity (Wildman–Crippen MR) is 229 cm³/mol. The van der Waals surface area contributed by atoms with E-state index in [9.17, 15) is 0 Å². The summed E-state index contributed by atoms with van der Waals surface area (Å²) in [6.07, 6.45) is 3.12. The molecule has 4 aromatic carbocycles. The van der Waals surface area contributed by atoms with Gasteiger partial charge < -0.3 is 10.6 Å². The van der Waals surface area contributed by atoms with Crippen LogP contribution in [0.2, 0.25) is 0 Å². The molecule has 0 saturated heterocycles. The lowest BCUT2D eigenvalue weighted by Gasteiger charge is -2.14. The van der Waals surface area contributed by atoms with Crippen LogP contribution in [0.15, 0.2) is 154 Å². The number of nitrogens with one attached hydrogen (secondary N) is 2. The molecule has 0 atom stereocenters. The molecular formula is C46H38N8S2. The summed E-state index contributed by atoms with van der Waals surface area (Å²) in [4.78, 5) is 32.2. The minimum atomic E-state index is 0.295. The molecule has 4 aromatic heterocycles. The van der Waals surface area contributed by atoms with Crippen LogP contribution in [0, 0.1) is 11.8 Å². The van der Waals surface area contributed by atoms with Gasteiger partial charge in [0.15, 0.2) is 11.3 Å². The van der Waals surface area contributed by atoms with Crippen LogP contribution >= 0.6 is 23.5 Å². The number of hydrogen-bond acceptors (Lipinski definition) is 10. The molecule has 0 bridgehead atoms. The Morgan fingerprint density at radius 2 is 0.911 bits per heavy atom. The molecule has 8 aromatic rings. The highest BCUT2D eigenvalue weighted by Crippen LogP contribution is 2.38. The molecule has 274 valence electrons. The number of hydrogen-bond donors (Lipinski definition) is 2. The van der Waals surface area contributed by atoms with Gasteiger partial charge in [0.25, 0.3) is 0 Å². The second-order valence-electron chi connectivity index (χ2n) is 13.7. The third-order valence-electron chi connectivity index (χ3n) is 8.98. The number of aromatic nitrogens is 6. The van der Waals surface area contributed by atoms with E-state index in [-0.39, 0.29) is 0 Å². The molecule has 0 aliphatic rings. The van der Waals surface area contributed by atoms with Crippen LogP contribution in [0.1, 0.15) is 62.0 Å². The van der Waals surface area contributed by atoms with Gasteiger partial charge in [-0.2, -0.15) is 0 Å². The number of benzene rings is 4. The Kier molecular flexibility index (Phi) is 10.9. The maximum Gasteiger partial charge on any atom is 0.164 e. The van der Waals surface area contributed by atoms with E-state index >= 15 is 0 Å². The lowest BCUT2D eigenvalue weighted by atomic mass is 10.1. The highest BCUT2D eigenvalue weighted by molar-refractivity contribution is 7.99. The Bertz CT molecular complexity index is 2540. The van der Waals surface area contributed by atoms with Gasteiger partial charge in [-0.1, -0.05) is 99.5 Å². The van der Waals surface area contributed by atoms with Gasteiger partial charge in [-0.05, 0) is 96.8 Å². The van der Waals surface area contributed by atoms with Gasteiger partial charge in [-0.25, -0.2) is 29.9 Å². The van der Waals surface area contributed by atoms with Crippen molar-refractivity contribution in [3.63, 3.8) is 0 Å². The summed E-state index contributed by atoms with van der Waals surface area (Å²) in [6, 6.07) is 41.3. The molecule has 10 heteroatoms. The highest BCUT2D eigenvalue weighted by atomic mass is 32.2. The molecule has 0 spiro atoms. The van der Waals surface area contributed by atoms with Gasteiger partial charge in [-0.15, -0.1) is 0 Å². The normalized spacial score (nSPS) is 11.2. The van der Waals surface area contributed by atoms with Crippen molar-refractivity contribution < 1.29 is 0 Å². The quantitative estimate of drug-likeness (QED) is 0.131. The van der Waals surface area contributed by atoms with Crippen LogP contribution < -0.4 is 10.6 Å². The average molecular weight is 767 g/mol. The molecule has 0 radical (unpaired) electrons. The maximum absolute atomic E-state index is 4.80. The van der Waals surface area contributed by atoms with Crippen LogP contribution in [0.25, 0.3) is 22.1 Å². The zero-order valence-electron chi connectivity index (χ0n) is 31.4. The first-order valence-electron chi connectivity index (χ1n) is 18.4. The van der Waals surface area contributed by atoms with Crippen molar-refractivity contribution >= 4 is 68.6 Å². The SMILES string of the molecule is CC(C)c1ccc2c(Nc3cc(C#Cc4ccc(Sc5ccccc5)c(Nc5ncnc6nc(C(C)C)ccc56)c4)ccc3Sc3ccccc3)ncnc2n1. The predicted octanol–water partition coefficient (Wildman–Crippen LogP) is 11.8. The third kappa shape index (κ3) is 8.50. The van der Waals surface area contributed by atoms with Gasteiger partial charge >= 0.3 is 0 Å². The molecule has 0 saturated carbocycles. The molecule has 0 amide bonds. The lowest BCUT2D eigenvalue weighted by molar-refractivity contribution is 0.827. The minimum Gasteiger partial charge on any atom is -0.339 e. The zero-order valence-corrected chi connectivity index (χ0v) is 33.0. The monoisotopic (exact) mass is 766 g/mol. The fourth-order valence-corrected chi connectivity index (χ4v) is 7.78. The number of nitrogens with zero attached hydrogens (tertiary/aromatic N) is 6. The lowest BCUT2D eigenvalue weighted by Crippen LogP contribution is -2.01.